The number of alkyl halides is 3. The van der Waals surface area contributed by atoms with Gasteiger partial charge in [0.25, 0.3) is 0 Å². The van der Waals surface area contributed by atoms with Crippen molar-refractivity contribution in [1.29, 1.82) is 0 Å². The lowest BCUT2D eigenvalue weighted by atomic mass is 10.2. The van der Waals surface area contributed by atoms with E-state index in [-0.39, 0.29) is 17.3 Å². The SMILES string of the molecule is Cc1ccnc(NC(C)c2ncc(C(F)(F)F)[nH]2)c1[N+](=O)[O-]. The molecule has 2 rings (SSSR count). The quantitative estimate of drug-likeness (QED) is 0.667. The molecule has 0 radical (unpaired) electrons. The fourth-order valence-corrected chi connectivity index (χ4v) is 1.86. The largest absolute Gasteiger partial charge is 0.432 e. The van der Waals surface area contributed by atoms with Gasteiger partial charge in [-0.25, -0.2) is 9.97 Å². The number of imidazole rings is 1. The molecule has 118 valence electrons. The molecule has 10 heteroatoms. The van der Waals surface area contributed by atoms with Gasteiger partial charge in [-0.2, -0.15) is 13.2 Å². The Morgan fingerprint density at radius 2 is 2.09 bits per heavy atom. The summed E-state index contributed by atoms with van der Waals surface area (Å²) < 4.78 is 37.6. The van der Waals surface area contributed by atoms with Gasteiger partial charge in [0.2, 0.25) is 5.82 Å². The van der Waals surface area contributed by atoms with E-state index in [4.69, 9.17) is 0 Å². The Morgan fingerprint density at radius 1 is 1.41 bits per heavy atom. The zero-order valence-electron chi connectivity index (χ0n) is 11.6. The molecule has 0 fully saturated rings. The Hall–Kier alpha value is -2.65. The van der Waals surface area contributed by atoms with Crippen LogP contribution in [0.3, 0.4) is 0 Å². The van der Waals surface area contributed by atoms with Gasteiger partial charge in [0.1, 0.15) is 11.5 Å². The molecule has 1 atom stereocenters. The van der Waals surface area contributed by atoms with Crippen LogP contribution in [0.15, 0.2) is 18.5 Å². The summed E-state index contributed by atoms with van der Waals surface area (Å²) in [4.78, 5) is 20.1. The van der Waals surface area contributed by atoms with E-state index < -0.39 is 22.8 Å². The van der Waals surface area contributed by atoms with Crippen molar-refractivity contribution in [1.82, 2.24) is 15.0 Å². The second kappa shape index (κ2) is 5.62. The van der Waals surface area contributed by atoms with Gasteiger partial charge in [-0.1, -0.05) is 0 Å². The normalized spacial score (nSPS) is 13.0. The highest BCUT2D eigenvalue weighted by molar-refractivity contribution is 5.60. The maximum absolute atomic E-state index is 12.5. The molecule has 0 saturated carbocycles. The van der Waals surface area contributed by atoms with Gasteiger partial charge in [-0.05, 0) is 19.9 Å². The Labute approximate surface area is 122 Å². The van der Waals surface area contributed by atoms with Gasteiger partial charge >= 0.3 is 11.9 Å². The van der Waals surface area contributed by atoms with E-state index in [0.717, 1.165) is 0 Å². The molecule has 1 unspecified atom stereocenters. The minimum atomic E-state index is -4.53. The number of pyridine rings is 1. The van der Waals surface area contributed by atoms with E-state index >= 15 is 0 Å². The summed E-state index contributed by atoms with van der Waals surface area (Å²) >= 11 is 0. The van der Waals surface area contributed by atoms with Crippen LogP contribution in [0.4, 0.5) is 24.7 Å². The molecule has 0 aliphatic rings. The number of hydrogen-bond donors (Lipinski definition) is 2. The fraction of sp³-hybridized carbons (Fsp3) is 0.333. The lowest BCUT2D eigenvalue weighted by Gasteiger charge is -2.13. The first-order chi connectivity index (χ1) is 10.2. The molecule has 0 amide bonds. The van der Waals surface area contributed by atoms with Gasteiger partial charge in [-0.15, -0.1) is 0 Å². The third-order valence-electron chi connectivity index (χ3n) is 2.97. The summed E-state index contributed by atoms with van der Waals surface area (Å²) in [5.74, 6) is -0.0209. The standard InChI is InChI=1S/C12H12F3N5O2/c1-6-3-4-16-11(9(6)20(21)22)18-7(2)10-17-5-8(19-10)12(13,14)15/h3-5,7H,1-2H3,(H,16,18)(H,17,19). The van der Waals surface area contributed by atoms with Gasteiger partial charge in [-0.3, -0.25) is 10.1 Å². The minimum absolute atomic E-state index is 0.00456. The first-order valence-corrected chi connectivity index (χ1v) is 6.18. The zero-order valence-corrected chi connectivity index (χ0v) is 11.6. The average molecular weight is 315 g/mol. The molecule has 2 aromatic rings. The molecular formula is C12H12F3N5O2. The van der Waals surface area contributed by atoms with E-state index in [0.29, 0.717) is 11.8 Å². The first kappa shape index (κ1) is 15.7. The van der Waals surface area contributed by atoms with Crippen molar-refractivity contribution in [3.63, 3.8) is 0 Å². The van der Waals surface area contributed by atoms with E-state index in [1.54, 1.807) is 6.92 Å². The molecule has 0 aromatic carbocycles. The number of nitro groups is 1. The van der Waals surface area contributed by atoms with Crippen molar-refractivity contribution >= 4 is 11.5 Å². The van der Waals surface area contributed by atoms with Crippen LogP contribution in [0.2, 0.25) is 0 Å². The molecule has 0 aliphatic heterocycles. The van der Waals surface area contributed by atoms with Gasteiger partial charge in [0.05, 0.1) is 17.2 Å². The lowest BCUT2D eigenvalue weighted by molar-refractivity contribution is -0.384. The predicted octanol–water partition coefficient (Wildman–Crippen LogP) is 3.21. The van der Waals surface area contributed by atoms with Gasteiger partial charge in [0, 0.05) is 11.8 Å². The number of nitrogens with zero attached hydrogens (tertiary/aromatic N) is 3. The van der Waals surface area contributed by atoms with Gasteiger partial charge < -0.3 is 10.3 Å². The number of aryl methyl sites for hydroxylation is 1. The number of H-pyrrole nitrogens is 1. The molecule has 2 N–H and O–H groups in total. The summed E-state index contributed by atoms with van der Waals surface area (Å²) in [6.07, 6.45) is -2.48. The van der Waals surface area contributed by atoms with Crippen LogP contribution < -0.4 is 5.32 Å². The Morgan fingerprint density at radius 3 is 2.64 bits per heavy atom. The van der Waals surface area contributed by atoms with Crippen molar-refractivity contribution in [2.45, 2.75) is 26.1 Å². The number of anilines is 1. The lowest BCUT2D eigenvalue weighted by Crippen LogP contribution is -2.12. The van der Waals surface area contributed by atoms with Crippen LogP contribution in [-0.4, -0.2) is 19.9 Å². The smallest absolute Gasteiger partial charge is 0.355 e. The zero-order chi connectivity index (χ0) is 16.5. The third kappa shape index (κ3) is 3.15. The number of nitrogens with one attached hydrogen (secondary N) is 2. The van der Waals surface area contributed by atoms with Crippen molar-refractivity contribution in [2.75, 3.05) is 5.32 Å². The number of hydrogen-bond acceptors (Lipinski definition) is 5. The molecule has 2 heterocycles. The Kier molecular flexibility index (Phi) is 4.02. The summed E-state index contributed by atoms with van der Waals surface area (Å²) in [7, 11) is 0. The number of halogens is 3. The van der Waals surface area contributed by atoms with Crippen LogP contribution in [0, 0.1) is 17.0 Å². The fourth-order valence-electron chi connectivity index (χ4n) is 1.86. The van der Waals surface area contributed by atoms with E-state index in [9.17, 15) is 23.3 Å². The highest BCUT2D eigenvalue weighted by atomic mass is 19.4. The molecule has 0 aliphatic carbocycles. The van der Waals surface area contributed by atoms with Gasteiger partial charge in [0.15, 0.2) is 0 Å². The van der Waals surface area contributed by atoms with Crippen LogP contribution >= 0.6 is 0 Å². The van der Waals surface area contributed by atoms with Crippen molar-refractivity contribution in [3.8, 4) is 0 Å². The number of rotatable bonds is 4. The Bertz CT molecular complexity index is 698. The van der Waals surface area contributed by atoms with Crippen molar-refractivity contribution in [3.05, 3.63) is 45.7 Å². The second-order valence-electron chi connectivity index (χ2n) is 4.63. The first-order valence-electron chi connectivity index (χ1n) is 6.18. The van der Waals surface area contributed by atoms with E-state index in [1.807, 2.05) is 0 Å². The summed E-state index contributed by atoms with van der Waals surface area (Å²) in [5.41, 5.74) is -0.815. The molecule has 7 nitrogen and oxygen atoms in total. The van der Waals surface area contributed by atoms with Crippen molar-refractivity contribution < 1.29 is 18.1 Å². The highest BCUT2D eigenvalue weighted by Gasteiger charge is 2.33. The average Bonchev–Trinajstić information content (AvgIpc) is 2.87. The molecule has 0 spiro atoms. The molecular weight excluding hydrogens is 303 g/mol. The third-order valence-corrected chi connectivity index (χ3v) is 2.97. The number of aromatic amines is 1. The summed E-state index contributed by atoms with van der Waals surface area (Å²) in [6.45, 7) is 3.07. The maximum atomic E-state index is 12.5. The van der Waals surface area contributed by atoms with E-state index in [1.165, 1.54) is 19.2 Å². The highest BCUT2D eigenvalue weighted by Crippen LogP contribution is 2.30. The Balaban J connectivity index is 2.26. The predicted molar refractivity (Wildman–Crippen MR) is 71.3 cm³/mol. The van der Waals surface area contributed by atoms with Crippen LogP contribution in [-0.2, 0) is 6.18 Å². The minimum Gasteiger partial charge on any atom is -0.355 e. The van der Waals surface area contributed by atoms with E-state index in [2.05, 4.69) is 20.3 Å². The molecule has 2 aromatic heterocycles. The molecule has 0 saturated heterocycles. The van der Waals surface area contributed by atoms with Crippen LogP contribution in [0.5, 0.6) is 0 Å². The summed E-state index contributed by atoms with van der Waals surface area (Å²) in [5, 5.41) is 13.7. The van der Waals surface area contributed by atoms with Crippen LogP contribution in [0.25, 0.3) is 0 Å². The molecule has 0 bridgehead atoms. The summed E-state index contributed by atoms with van der Waals surface area (Å²) in [6, 6.07) is 0.756. The maximum Gasteiger partial charge on any atom is 0.432 e. The van der Waals surface area contributed by atoms with Crippen molar-refractivity contribution in [2.24, 2.45) is 0 Å². The molecule has 22 heavy (non-hydrogen) atoms. The number of aromatic nitrogens is 3. The topological polar surface area (TPSA) is 96.7 Å². The monoisotopic (exact) mass is 315 g/mol. The second-order valence-corrected chi connectivity index (χ2v) is 4.63. The van der Waals surface area contributed by atoms with Crippen LogP contribution in [0.1, 0.15) is 30.0 Å².